The number of methoxy groups -OCH3 is 1. The van der Waals surface area contributed by atoms with Gasteiger partial charge in [-0.2, -0.15) is 4.98 Å². The molecule has 2 fully saturated rings. The molecule has 0 radical (unpaired) electrons. The van der Waals surface area contributed by atoms with Crippen LogP contribution in [-0.2, 0) is 16.4 Å². The van der Waals surface area contributed by atoms with Crippen LogP contribution in [0.2, 0.25) is 0 Å². The van der Waals surface area contributed by atoms with E-state index in [9.17, 15) is 8.42 Å². The van der Waals surface area contributed by atoms with Crippen molar-refractivity contribution in [1.82, 2.24) is 15.0 Å². The number of hydrogen-bond donors (Lipinski definition) is 2. The summed E-state index contributed by atoms with van der Waals surface area (Å²) in [5.41, 5.74) is 3.78. The molecule has 8 nitrogen and oxygen atoms in total. The first-order valence-corrected chi connectivity index (χ1v) is 13.6. The zero-order valence-corrected chi connectivity index (χ0v) is 20.5. The molecular weight excluding hydrogens is 450 g/mol. The zero-order chi connectivity index (χ0) is 23.7. The van der Waals surface area contributed by atoms with Gasteiger partial charge >= 0.3 is 0 Å². The molecule has 2 aliphatic carbocycles. The number of ether oxygens (including phenoxy) is 1. The third-order valence-electron chi connectivity index (χ3n) is 6.66. The summed E-state index contributed by atoms with van der Waals surface area (Å²) in [6.45, 7) is 2.11. The molecule has 2 aromatic heterocycles. The van der Waals surface area contributed by atoms with Crippen LogP contribution in [0.15, 0.2) is 30.5 Å². The Bertz CT molecular complexity index is 1300. The monoisotopic (exact) mass is 481 g/mol. The molecule has 0 atom stereocenters. The normalized spacial score (nSPS) is 17.0. The molecule has 5 rings (SSSR count). The van der Waals surface area contributed by atoms with Crippen molar-refractivity contribution in [3.8, 4) is 17.0 Å². The van der Waals surface area contributed by atoms with E-state index < -0.39 is 10.0 Å². The highest BCUT2D eigenvalue weighted by Gasteiger charge is 2.36. The molecule has 180 valence electrons. The van der Waals surface area contributed by atoms with Crippen molar-refractivity contribution in [2.75, 3.05) is 17.1 Å². The highest BCUT2D eigenvalue weighted by Crippen LogP contribution is 2.35. The van der Waals surface area contributed by atoms with Crippen LogP contribution in [0, 0.1) is 0 Å². The minimum Gasteiger partial charge on any atom is -0.480 e. The Labute approximate surface area is 200 Å². The van der Waals surface area contributed by atoms with Crippen LogP contribution in [0.25, 0.3) is 22.0 Å². The molecular formula is C25H31N5O3S. The molecule has 3 aromatic rings. The predicted octanol–water partition coefficient (Wildman–Crippen LogP) is 4.91. The molecule has 0 saturated heterocycles. The fourth-order valence-corrected chi connectivity index (χ4v) is 5.95. The second kappa shape index (κ2) is 9.37. The smallest absolute Gasteiger partial charge is 0.236 e. The Balaban J connectivity index is 1.46. The second-order valence-corrected chi connectivity index (χ2v) is 11.2. The van der Waals surface area contributed by atoms with Gasteiger partial charge in [-0.05, 0) is 67.5 Å². The van der Waals surface area contributed by atoms with Gasteiger partial charge in [-0.3, -0.25) is 4.72 Å². The maximum Gasteiger partial charge on any atom is 0.236 e. The van der Waals surface area contributed by atoms with Gasteiger partial charge in [-0.1, -0.05) is 26.2 Å². The largest absolute Gasteiger partial charge is 0.480 e. The van der Waals surface area contributed by atoms with Gasteiger partial charge in [-0.25, -0.2) is 18.4 Å². The molecule has 2 N–H and O–H groups in total. The fraction of sp³-hybridized carbons (Fsp3) is 0.480. The highest BCUT2D eigenvalue weighted by atomic mass is 32.2. The quantitative estimate of drug-likeness (QED) is 0.471. The lowest BCUT2D eigenvalue weighted by Gasteiger charge is -2.22. The number of pyridine rings is 1. The van der Waals surface area contributed by atoms with Crippen LogP contribution in [0.1, 0.15) is 57.4 Å². The number of aryl methyl sites for hydroxylation is 1. The predicted molar refractivity (Wildman–Crippen MR) is 135 cm³/mol. The number of anilines is 2. The third-order valence-corrected chi connectivity index (χ3v) is 8.50. The van der Waals surface area contributed by atoms with Crippen LogP contribution in [0.4, 0.5) is 11.8 Å². The van der Waals surface area contributed by atoms with Gasteiger partial charge in [-0.15, -0.1) is 0 Å². The Morgan fingerprint density at radius 3 is 2.56 bits per heavy atom. The van der Waals surface area contributed by atoms with Crippen LogP contribution in [0.3, 0.4) is 0 Å². The SMILES string of the molecule is CCc1cc(-c2ccc(NS(=O)(=O)C3CC3)nc2OC)cc2cnc(NC3CCCCC3)nc12. The lowest BCUT2D eigenvalue weighted by Crippen LogP contribution is -2.23. The molecule has 34 heavy (non-hydrogen) atoms. The van der Waals surface area contributed by atoms with Crippen molar-refractivity contribution in [2.24, 2.45) is 0 Å². The van der Waals surface area contributed by atoms with Gasteiger partial charge in [0, 0.05) is 23.2 Å². The zero-order valence-electron chi connectivity index (χ0n) is 19.7. The summed E-state index contributed by atoms with van der Waals surface area (Å²) in [5.74, 6) is 1.33. The van der Waals surface area contributed by atoms with Crippen LogP contribution in [0.5, 0.6) is 5.88 Å². The van der Waals surface area contributed by atoms with Gasteiger partial charge in [0.2, 0.25) is 21.9 Å². The molecule has 2 heterocycles. The average molecular weight is 482 g/mol. The molecule has 9 heteroatoms. The minimum absolute atomic E-state index is 0.269. The standard InChI is InChI=1S/C25H31N5O3S/c1-3-16-13-17(14-18-15-26-25(29-23(16)18)27-19-7-5-4-6-8-19)21-11-12-22(28-24(21)33-2)30-34(31,32)20-9-10-20/h11-15,19-20H,3-10H2,1-2H3,(H,28,30)(H,26,27,29). The average Bonchev–Trinajstić information content (AvgIpc) is 3.70. The lowest BCUT2D eigenvalue weighted by atomic mass is 9.96. The van der Waals surface area contributed by atoms with Crippen molar-refractivity contribution in [1.29, 1.82) is 0 Å². The Hall–Kier alpha value is -2.94. The van der Waals surface area contributed by atoms with E-state index in [1.807, 2.05) is 18.3 Å². The number of fused-ring (bicyclic) bond motifs is 1. The summed E-state index contributed by atoms with van der Waals surface area (Å²) in [5, 5.41) is 4.15. The second-order valence-electron chi connectivity index (χ2n) is 9.20. The topological polar surface area (TPSA) is 106 Å². The first-order chi connectivity index (χ1) is 16.5. The Morgan fingerprint density at radius 2 is 1.85 bits per heavy atom. The lowest BCUT2D eigenvalue weighted by molar-refractivity contribution is 0.400. The molecule has 0 aliphatic heterocycles. The maximum atomic E-state index is 12.3. The number of nitrogens with zero attached hydrogens (tertiary/aromatic N) is 3. The van der Waals surface area contributed by atoms with E-state index in [1.54, 1.807) is 13.2 Å². The van der Waals surface area contributed by atoms with Crippen LogP contribution in [-0.4, -0.2) is 41.8 Å². The van der Waals surface area contributed by atoms with E-state index in [2.05, 4.69) is 33.0 Å². The summed E-state index contributed by atoms with van der Waals surface area (Å²) in [6.07, 6.45) is 10.2. The van der Waals surface area contributed by atoms with Crippen molar-refractivity contribution in [2.45, 2.75) is 69.6 Å². The van der Waals surface area contributed by atoms with Gasteiger partial charge in [0.25, 0.3) is 0 Å². The summed E-state index contributed by atoms with van der Waals surface area (Å²) < 4.78 is 32.7. The third kappa shape index (κ3) is 4.80. The van der Waals surface area contributed by atoms with Crippen LogP contribution < -0.4 is 14.8 Å². The number of benzene rings is 1. The number of rotatable bonds is 8. The fourth-order valence-electron chi connectivity index (χ4n) is 4.62. The molecule has 0 spiro atoms. The number of sulfonamides is 1. The van der Waals surface area contributed by atoms with E-state index in [0.29, 0.717) is 30.7 Å². The van der Waals surface area contributed by atoms with E-state index >= 15 is 0 Å². The molecule has 1 aromatic carbocycles. The van der Waals surface area contributed by atoms with E-state index in [0.717, 1.165) is 34.0 Å². The van der Waals surface area contributed by atoms with Crippen molar-refractivity contribution in [3.05, 3.63) is 36.0 Å². The van der Waals surface area contributed by atoms with Gasteiger partial charge in [0.05, 0.1) is 17.9 Å². The molecule has 2 saturated carbocycles. The summed E-state index contributed by atoms with van der Waals surface area (Å²) in [6, 6.07) is 8.11. The van der Waals surface area contributed by atoms with E-state index in [4.69, 9.17) is 9.72 Å². The molecule has 2 aliphatic rings. The van der Waals surface area contributed by atoms with Crippen LogP contribution >= 0.6 is 0 Å². The van der Waals surface area contributed by atoms with Gasteiger partial charge in [0.1, 0.15) is 5.82 Å². The summed E-state index contributed by atoms with van der Waals surface area (Å²) in [7, 11) is -1.85. The Morgan fingerprint density at radius 1 is 1.06 bits per heavy atom. The Kier molecular flexibility index (Phi) is 6.29. The first kappa shape index (κ1) is 22.8. The molecule has 0 amide bonds. The van der Waals surface area contributed by atoms with E-state index in [1.165, 1.54) is 32.1 Å². The van der Waals surface area contributed by atoms with Crippen molar-refractivity contribution >= 4 is 32.7 Å². The van der Waals surface area contributed by atoms with Crippen molar-refractivity contribution < 1.29 is 13.2 Å². The molecule has 0 bridgehead atoms. The highest BCUT2D eigenvalue weighted by molar-refractivity contribution is 7.93. The summed E-state index contributed by atoms with van der Waals surface area (Å²) >= 11 is 0. The minimum atomic E-state index is -3.39. The first-order valence-electron chi connectivity index (χ1n) is 12.1. The number of nitrogens with one attached hydrogen (secondary N) is 2. The van der Waals surface area contributed by atoms with E-state index in [-0.39, 0.29) is 11.1 Å². The van der Waals surface area contributed by atoms with Gasteiger partial charge < -0.3 is 10.1 Å². The summed E-state index contributed by atoms with van der Waals surface area (Å²) in [4.78, 5) is 13.9. The molecule has 0 unspecified atom stereocenters. The van der Waals surface area contributed by atoms with Crippen molar-refractivity contribution in [3.63, 3.8) is 0 Å². The van der Waals surface area contributed by atoms with Gasteiger partial charge in [0.15, 0.2) is 0 Å². The number of aromatic nitrogens is 3. The number of hydrogen-bond acceptors (Lipinski definition) is 7. The maximum absolute atomic E-state index is 12.3.